The smallest absolute Gasteiger partial charge is 0.303 e. The van der Waals surface area contributed by atoms with Gasteiger partial charge in [0.1, 0.15) is 0 Å². The average Bonchev–Trinajstić information content (AvgIpc) is 2.15. The third kappa shape index (κ3) is 4.01. The maximum atomic E-state index is 10.3. The molecule has 1 rings (SSSR count). The predicted molar refractivity (Wildman–Crippen MR) is 63.5 cm³/mol. The zero-order chi connectivity index (χ0) is 11.3. The lowest BCUT2D eigenvalue weighted by Gasteiger charge is -2.06. The van der Waals surface area contributed by atoms with E-state index in [0.29, 0.717) is 22.9 Å². The maximum Gasteiger partial charge on any atom is 0.303 e. The van der Waals surface area contributed by atoms with Gasteiger partial charge in [-0.3, -0.25) is 4.79 Å². The van der Waals surface area contributed by atoms with Gasteiger partial charge in [0.25, 0.3) is 0 Å². The molecule has 1 aromatic carbocycles. The number of anilines is 1. The molecule has 3 N–H and O–H groups in total. The molecule has 0 radical (unpaired) electrons. The van der Waals surface area contributed by atoms with E-state index in [0.717, 1.165) is 4.90 Å². The van der Waals surface area contributed by atoms with E-state index in [1.165, 1.54) is 11.8 Å². The number of hydrogen-bond acceptors (Lipinski definition) is 3. The van der Waals surface area contributed by atoms with E-state index >= 15 is 0 Å². The molecule has 0 atom stereocenters. The summed E-state index contributed by atoms with van der Waals surface area (Å²) in [5, 5.41) is 9.08. The van der Waals surface area contributed by atoms with Crippen molar-refractivity contribution in [2.24, 2.45) is 0 Å². The Bertz CT molecular complexity index is 337. The summed E-state index contributed by atoms with van der Waals surface area (Å²) < 4.78 is 0. The van der Waals surface area contributed by atoms with Crippen molar-refractivity contribution in [1.82, 2.24) is 0 Å². The first kappa shape index (κ1) is 12.2. The molecule has 0 saturated heterocycles. The van der Waals surface area contributed by atoms with Gasteiger partial charge in [-0.25, -0.2) is 0 Å². The van der Waals surface area contributed by atoms with Gasteiger partial charge < -0.3 is 10.8 Å². The fraction of sp³-hybridized carbons (Fsp3) is 0.300. The quantitative estimate of drug-likeness (QED) is 0.476. The van der Waals surface area contributed by atoms with E-state index in [9.17, 15) is 4.79 Å². The summed E-state index contributed by atoms with van der Waals surface area (Å²) in [5.74, 6) is -0.0667. The molecule has 15 heavy (non-hydrogen) atoms. The standard InChI is InChI=1S/C10H12ClNO2S/c11-7-3-1-4-8(12)10(7)15-6-2-5-9(13)14/h1,3-4H,2,5-6,12H2,(H,13,14). The maximum absolute atomic E-state index is 10.3. The Morgan fingerprint density at radius 1 is 1.53 bits per heavy atom. The highest BCUT2D eigenvalue weighted by molar-refractivity contribution is 7.99. The van der Waals surface area contributed by atoms with E-state index < -0.39 is 5.97 Å². The van der Waals surface area contributed by atoms with Crippen LogP contribution in [0, 0.1) is 0 Å². The van der Waals surface area contributed by atoms with Crippen LogP contribution in [0.4, 0.5) is 5.69 Å². The molecule has 0 spiro atoms. The predicted octanol–water partition coefficient (Wildman–Crippen LogP) is 2.88. The van der Waals surface area contributed by atoms with Crippen LogP contribution in [0.2, 0.25) is 5.02 Å². The topological polar surface area (TPSA) is 63.3 Å². The lowest BCUT2D eigenvalue weighted by molar-refractivity contribution is -0.137. The van der Waals surface area contributed by atoms with Crippen molar-refractivity contribution in [2.45, 2.75) is 17.7 Å². The van der Waals surface area contributed by atoms with Crippen molar-refractivity contribution in [2.75, 3.05) is 11.5 Å². The number of benzene rings is 1. The molecule has 0 aliphatic rings. The van der Waals surface area contributed by atoms with Crippen molar-refractivity contribution in [3.8, 4) is 0 Å². The van der Waals surface area contributed by atoms with Crippen molar-refractivity contribution in [3.63, 3.8) is 0 Å². The lowest BCUT2D eigenvalue weighted by atomic mass is 10.3. The lowest BCUT2D eigenvalue weighted by Crippen LogP contribution is -1.95. The van der Waals surface area contributed by atoms with Gasteiger partial charge in [0.15, 0.2) is 0 Å². The van der Waals surface area contributed by atoms with Crippen LogP contribution in [0.5, 0.6) is 0 Å². The number of halogens is 1. The summed E-state index contributed by atoms with van der Waals surface area (Å²) in [4.78, 5) is 11.1. The van der Waals surface area contributed by atoms with Gasteiger partial charge >= 0.3 is 5.97 Å². The van der Waals surface area contributed by atoms with Crippen LogP contribution in [0.25, 0.3) is 0 Å². The molecule has 0 aromatic heterocycles. The number of rotatable bonds is 5. The molecule has 0 bridgehead atoms. The van der Waals surface area contributed by atoms with Crippen LogP contribution >= 0.6 is 23.4 Å². The van der Waals surface area contributed by atoms with Crippen molar-refractivity contribution in [3.05, 3.63) is 23.2 Å². The summed E-state index contributed by atoms with van der Waals surface area (Å²) in [7, 11) is 0. The normalized spacial score (nSPS) is 10.2. The average molecular weight is 246 g/mol. The Kier molecular flexibility index (Phi) is 4.78. The van der Waals surface area contributed by atoms with Crippen LogP contribution in [0.3, 0.4) is 0 Å². The van der Waals surface area contributed by atoms with Gasteiger partial charge in [0, 0.05) is 17.0 Å². The van der Waals surface area contributed by atoms with E-state index in [1.807, 2.05) is 0 Å². The SMILES string of the molecule is Nc1cccc(Cl)c1SCCCC(=O)O. The van der Waals surface area contributed by atoms with Crippen LogP contribution in [0.1, 0.15) is 12.8 Å². The zero-order valence-electron chi connectivity index (χ0n) is 8.07. The Balaban J connectivity index is 2.47. The first-order valence-corrected chi connectivity index (χ1v) is 5.86. The van der Waals surface area contributed by atoms with E-state index in [4.69, 9.17) is 22.4 Å². The second kappa shape index (κ2) is 5.88. The Hall–Kier alpha value is -0.870. The molecule has 1 aromatic rings. The monoisotopic (exact) mass is 245 g/mol. The van der Waals surface area contributed by atoms with Crippen LogP contribution < -0.4 is 5.73 Å². The molecule has 5 heteroatoms. The highest BCUT2D eigenvalue weighted by Gasteiger charge is 2.05. The number of carboxylic acids is 1. The Morgan fingerprint density at radius 3 is 2.87 bits per heavy atom. The molecule has 0 aliphatic carbocycles. The van der Waals surface area contributed by atoms with Gasteiger partial charge in [0.2, 0.25) is 0 Å². The number of carbonyl (C=O) groups is 1. The van der Waals surface area contributed by atoms with E-state index in [-0.39, 0.29) is 6.42 Å². The van der Waals surface area contributed by atoms with Gasteiger partial charge in [-0.1, -0.05) is 17.7 Å². The highest BCUT2D eigenvalue weighted by atomic mass is 35.5. The van der Waals surface area contributed by atoms with Crippen molar-refractivity contribution >= 4 is 35.0 Å². The molecule has 3 nitrogen and oxygen atoms in total. The van der Waals surface area contributed by atoms with Gasteiger partial charge in [-0.05, 0) is 24.3 Å². The Morgan fingerprint density at radius 2 is 2.27 bits per heavy atom. The fourth-order valence-corrected chi connectivity index (χ4v) is 2.35. The minimum absolute atomic E-state index is 0.178. The molecule has 0 fully saturated rings. The van der Waals surface area contributed by atoms with Crippen molar-refractivity contribution < 1.29 is 9.90 Å². The fourth-order valence-electron chi connectivity index (χ4n) is 1.08. The van der Waals surface area contributed by atoms with Gasteiger partial charge in [0.05, 0.1) is 5.02 Å². The molecular weight excluding hydrogens is 234 g/mol. The highest BCUT2D eigenvalue weighted by Crippen LogP contribution is 2.32. The van der Waals surface area contributed by atoms with Crippen LogP contribution in [-0.4, -0.2) is 16.8 Å². The number of nitrogen functional groups attached to an aromatic ring is 1. The number of nitrogens with two attached hydrogens (primary N) is 1. The van der Waals surface area contributed by atoms with Crippen LogP contribution in [0.15, 0.2) is 23.1 Å². The molecule has 0 unspecified atom stereocenters. The van der Waals surface area contributed by atoms with Crippen molar-refractivity contribution in [1.29, 1.82) is 0 Å². The molecule has 0 aliphatic heterocycles. The number of carboxylic acid groups (broad SMARTS) is 1. The number of thioether (sulfide) groups is 1. The number of aliphatic carboxylic acids is 1. The van der Waals surface area contributed by atoms with E-state index in [1.54, 1.807) is 18.2 Å². The minimum atomic E-state index is -0.775. The summed E-state index contributed by atoms with van der Waals surface area (Å²) in [5.41, 5.74) is 6.38. The second-order valence-electron chi connectivity index (χ2n) is 3.00. The molecule has 0 heterocycles. The summed E-state index contributed by atoms with van der Waals surface area (Å²) in [6.07, 6.45) is 0.794. The van der Waals surface area contributed by atoms with Gasteiger partial charge in [-0.2, -0.15) is 0 Å². The molecule has 0 saturated carbocycles. The second-order valence-corrected chi connectivity index (χ2v) is 4.52. The third-order valence-corrected chi connectivity index (χ3v) is 3.44. The summed E-state index contributed by atoms with van der Waals surface area (Å²) >= 11 is 7.45. The summed E-state index contributed by atoms with van der Waals surface area (Å²) in [6.45, 7) is 0. The summed E-state index contributed by atoms with van der Waals surface area (Å²) in [6, 6.07) is 5.35. The molecular formula is C10H12ClNO2S. The van der Waals surface area contributed by atoms with E-state index in [2.05, 4.69) is 0 Å². The van der Waals surface area contributed by atoms with Gasteiger partial charge in [-0.15, -0.1) is 11.8 Å². The molecule has 82 valence electrons. The first-order chi connectivity index (χ1) is 7.11. The number of hydrogen-bond donors (Lipinski definition) is 2. The molecule has 0 amide bonds. The Labute approximate surface area is 97.6 Å². The zero-order valence-corrected chi connectivity index (χ0v) is 9.64. The van der Waals surface area contributed by atoms with Crippen LogP contribution in [-0.2, 0) is 4.79 Å². The third-order valence-electron chi connectivity index (χ3n) is 1.78. The first-order valence-electron chi connectivity index (χ1n) is 4.50. The minimum Gasteiger partial charge on any atom is -0.481 e. The largest absolute Gasteiger partial charge is 0.481 e.